The summed E-state index contributed by atoms with van der Waals surface area (Å²) in [6.07, 6.45) is 1.71. The number of hydrogen-bond donors (Lipinski definition) is 3. The highest BCUT2D eigenvalue weighted by Gasteiger charge is 2.24. The summed E-state index contributed by atoms with van der Waals surface area (Å²) in [5, 5.41) is 17.4. The number of aromatic nitrogens is 1. The molecule has 6 heteroatoms. The van der Waals surface area contributed by atoms with Gasteiger partial charge in [-0.25, -0.2) is 4.98 Å². The molecule has 1 fully saturated rings. The highest BCUT2D eigenvalue weighted by molar-refractivity contribution is 7.15. The number of aliphatic hydroxyl groups is 1. The van der Waals surface area contributed by atoms with Crippen LogP contribution in [0.1, 0.15) is 5.01 Å². The van der Waals surface area contributed by atoms with Crippen LogP contribution in [0.3, 0.4) is 0 Å². The van der Waals surface area contributed by atoms with Crippen molar-refractivity contribution in [1.82, 2.24) is 15.6 Å². The van der Waals surface area contributed by atoms with Crippen LogP contribution >= 0.6 is 23.7 Å². The molecular weight excluding hydrogens is 306 g/mol. The SMILES string of the molecule is Cl.OC1CNCC1CNCc1ncc(-c2ccccc2)s1. The summed E-state index contributed by atoms with van der Waals surface area (Å²) in [6.45, 7) is 3.19. The summed E-state index contributed by atoms with van der Waals surface area (Å²) >= 11 is 1.72. The van der Waals surface area contributed by atoms with Crippen LogP contribution in [-0.2, 0) is 6.54 Å². The third-order valence-corrected chi connectivity index (χ3v) is 4.65. The van der Waals surface area contributed by atoms with Crippen molar-refractivity contribution >= 4 is 23.7 Å². The van der Waals surface area contributed by atoms with Gasteiger partial charge in [-0.3, -0.25) is 0 Å². The molecule has 2 heterocycles. The van der Waals surface area contributed by atoms with Gasteiger partial charge in [0.15, 0.2) is 0 Å². The van der Waals surface area contributed by atoms with Crippen LogP contribution in [0.2, 0.25) is 0 Å². The molecule has 0 saturated carbocycles. The Morgan fingerprint density at radius 1 is 1.29 bits per heavy atom. The molecule has 0 amide bonds. The Kier molecular flexibility index (Phi) is 6.14. The number of nitrogens with one attached hydrogen (secondary N) is 2. The van der Waals surface area contributed by atoms with Crippen LogP contribution in [0, 0.1) is 5.92 Å². The van der Waals surface area contributed by atoms with Crippen LogP contribution in [0.5, 0.6) is 0 Å². The van der Waals surface area contributed by atoms with Crippen molar-refractivity contribution < 1.29 is 5.11 Å². The molecule has 4 nitrogen and oxygen atoms in total. The lowest BCUT2D eigenvalue weighted by molar-refractivity contribution is 0.146. The van der Waals surface area contributed by atoms with Crippen LogP contribution in [0.4, 0.5) is 0 Å². The first kappa shape index (κ1) is 16.4. The molecule has 1 aliphatic rings. The van der Waals surface area contributed by atoms with Crippen molar-refractivity contribution in [3.05, 3.63) is 41.5 Å². The monoisotopic (exact) mass is 325 g/mol. The highest BCUT2D eigenvalue weighted by Crippen LogP contribution is 2.25. The maximum atomic E-state index is 9.72. The Bertz CT molecular complexity index is 549. The van der Waals surface area contributed by atoms with E-state index in [0.29, 0.717) is 12.5 Å². The van der Waals surface area contributed by atoms with Gasteiger partial charge in [-0.2, -0.15) is 0 Å². The van der Waals surface area contributed by atoms with Gasteiger partial charge in [0.1, 0.15) is 5.01 Å². The lowest BCUT2D eigenvalue weighted by Gasteiger charge is -2.13. The summed E-state index contributed by atoms with van der Waals surface area (Å²) in [5.41, 5.74) is 1.21. The van der Waals surface area contributed by atoms with E-state index in [1.807, 2.05) is 24.4 Å². The topological polar surface area (TPSA) is 57.2 Å². The molecule has 0 bridgehead atoms. The average molecular weight is 326 g/mol. The Morgan fingerprint density at radius 2 is 2.10 bits per heavy atom. The standard InChI is InChI=1S/C15H19N3OS.ClH/c19-13-8-16-6-12(13)7-17-10-15-18-9-14(20-15)11-4-2-1-3-5-11;/h1-5,9,12-13,16-17,19H,6-8,10H2;1H. The van der Waals surface area contributed by atoms with Crippen molar-refractivity contribution in [1.29, 1.82) is 0 Å². The van der Waals surface area contributed by atoms with Crippen LogP contribution in [0.15, 0.2) is 36.5 Å². The lowest BCUT2D eigenvalue weighted by Crippen LogP contribution is -2.30. The zero-order valence-electron chi connectivity index (χ0n) is 11.7. The predicted molar refractivity (Wildman–Crippen MR) is 88.9 cm³/mol. The van der Waals surface area contributed by atoms with Crippen LogP contribution < -0.4 is 10.6 Å². The summed E-state index contributed by atoms with van der Waals surface area (Å²) in [5.74, 6) is 0.309. The molecule has 0 aliphatic carbocycles. The lowest BCUT2D eigenvalue weighted by atomic mass is 10.1. The molecule has 2 unspecified atom stereocenters. The van der Waals surface area contributed by atoms with Crippen molar-refractivity contribution in [3.8, 4) is 10.4 Å². The van der Waals surface area contributed by atoms with E-state index in [0.717, 1.165) is 24.6 Å². The number of hydrogen-bond acceptors (Lipinski definition) is 5. The second-order valence-electron chi connectivity index (χ2n) is 5.10. The average Bonchev–Trinajstić information content (AvgIpc) is 3.10. The van der Waals surface area contributed by atoms with Gasteiger partial charge >= 0.3 is 0 Å². The highest BCUT2D eigenvalue weighted by atomic mass is 35.5. The Morgan fingerprint density at radius 3 is 2.81 bits per heavy atom. The molecule has 1 aromatic carbocycles. The summed E-state index contributed by atoms with van der Waals surface area (Å²) in [4.78, 5) is 5.65. The number of nitrogens with zero attached hydrogens (tertiary/aromatic N) is 1. The quantitative estimate of drug-likeness (QED) is 0.786. The van der Waals surface area contributed by atoms with Gasteiger partial charge in [0, 0.05) is 38.3 Å². The Hall–Kier alpha value is -0.980. The molecule has 1 aliphatic heterocycles. The smallest absolute Gasteiger partial charge is 0.107 e. The second kappa shape index (κ2) is 7.87. The molecule has 1 aromatic heterocycles. The molecule has 0 spiro atoms. The van der Waals surface area contributed by atoms with E-state index >= 15 is 0 Å². The maximum absolute atomic E-state index is 9.72. The Labute approximate surface area is 135 Å². The first-order valence-corrected chi connectivity index (χ1v) is 7.74. The maximum Gasteiger partial charge on any atom is 0.107 e. The fraction of sp³-hybridized carbons (Fsp3) is 0.400. The van der Waals surface area contributed by atoms with E-state index < -0.39 is 0 Å². The number of benzene rings is 1. The largest absolute Gasteiger partial charge is 0.391 e. The number of rotatable bonds is 5. The number of thiazole rings is 1. The molecule has 114 valence electrons. The van der Waals surface area contributed by atoms with E-state index in [2.05, 4.69) is 27.8 Å². The van der Waals surface area contributed by atoms with Gasteiger partial charge in [0.2, 0.25) is 0 Å². The summed E-state index contributed by atoms with van der Waals surface area (Å²) in [7, 11) is 0. The normalized spacial score (nSPS) is 21.2. The van der Waals surface area contributed by atoms with Gasteiger partial charge in [-0.15, -0.1) is 23.7 Å². The molecule has 2 atom stereocenters. The van der Waals surface area contributed by atoms with Crippen molar-refractivity contribution in [2.75, 3.05) is 19.6 Å². The molecule has 3 N–H and O–H groups in total. The van der Waals surface area contributed by atoms with Gasteiger partial charge in [-0.1, -0.05) is 30.3 Å². The molecular formula is C15H20ClN3OS. The fourth-order valence-electron chi connectivity index (χ4n) is 2.42. The van der Waals surface area contributed by atoms with Crippen LogP contribution in [-0.4, -0.2) is 35.8 Å². The minimum atomic E-state index is -0.223. The first-order valence-electron chi connectivity index (χ1n) is 6.92. The number of β-amino-alcohol motifs (C(OH)–C–C–N with tert-alkyl or cyclic N) is 1. The van der Waals surface area contributed by atoms with E-state index in [9.17, 15) is 5.11 Å². The molecule has 0 radical (unpaired) electrons. The Balaban J connectivity index is 0.00000161. The second-order valence-corrected chi connectivity index (χ2v) is 6.22. The minimum absolute atomic E-state index is 0. The third kappa shape index (κ3) is 4.25. The van der Waals surface area contributed by atoms with Crippen molar-refractivity contribution in [2.45, 2.75) is 12.6 Å². The van der Waals surface area contributed by atoms with E-state index in [4.69, 9.17) is 0 Å². The predicted octanol–water partition coefficient (Wildman–Crippen LogP) is 1.90. The van der Waals surface area contributed by atoms with Gasteiger partial charge in [0.25, 0.3) is 0 Å². The molecule has 2 aromatic rings. The summed E-state index contributed by atoms with van der Waals surface area (Å²) < 4.78 is 0. The van der Waals surface area contributed by atoms with Gasteiger partial charge < -0.3 is 15.7 Å². The fourth-order valence-corrected chi connectivity index (χ4v) is 3.31. The number of halogens is 1. The minimum Gasteiger partial charge on any atom is -0.391 e. The molecule has 21 heavy (non-hydrogen) atoms. The first-order chi connectivity index (χ1) is 9.83. The zero-order chi connectivity index (χ0) is 13.8. The molecule has 3 rings (SSSR count). The van der Waals surface area contributed by atoms with Gasteiger partial charge in [-0.05, 0) is 5.56 Å². The molecule has 1 saturated heterocycles. The van der Waals surface area contributed by atoms with E-state index in [1.54, 1.807) is 11.3 Å². The summed E-state index contributed by atoms with van der Waals surface area (Å²) in [6, 6.07) is 10.3. The van der Waals surface area contributed by atoms with Crippen molar-refractivity contribution in [2.24, 2.45) is 5.92 Å². The zero-order valence-corrected chi connectivity index (χ0v) is 13.3. The van der Waals surface area contributed by atoms with Crippen LogP contribution in [0.25, 0.3) is 10.4 Å². The van der Waals surface area contributed by atoms with Gasteiger partial charge in [0.05, 0.1) is 11.0 Å². The van der Waals surface area contributed by atoms with E-state index in [-0.39, 0.29) is 18.5 Å². The number of aliphatic hydroxyl groups excluding tert-OH is 1. The van der Waals surface area contributed by atoms with E-state index in [1.165, 1.54) is 10.4 Å². The van der Waals surface area contributed by atoms with Crippen molar-refractivity contribution in [3.63, 3.8) is 0 Å². The third-order valence-electron chi connectivity index (χ3n) is 3.60.